The van der Waals surface area contributed by atoms with Gasteiger partial charge in [-0.15, -0.1) is 0 Å². The zero-order valence-electron chi connectivity index (χ0n) is 13.4. The lowest BCUT2D eigenvalue weighted by molar-refractivity contribution is -0.150. The number of nitrogens with one attached hydrogen (secondary N) is 1. The number of hydrogen-bond acceptors (Lipinski definition) is 3. The van der Waals surface area contributed by atoms with Crippen LogP contribution in [-0.2, 0) is 9.59 Å². The lowest BCUT2D eigenvalue weighted by atomic mass is 9.82. The van der Waals surface area contributed by atoms with Crippen LogP contribution in [0.4, 0.5) is 5.69 Å². The molecule has 126 valence electrons. The van der Waals surface area contributed by atoms with Crippen LogP contribution in [0, 0.1) is 5.41 Å². The number of amides is 1. The molecule has 0 radical (unpaired) electrons. The normalized spacial score (nSPS) is 16.3. The highest BCUT2D eigenvalue weighted by atomic mass is 35.5. The molecule has 0 unspecified atom stereocenters. The van der Waals surface area contributed by atoms with Crippen molar-refractivity contribution in [1.82, 2.24) is 0 Å². The molecule has 6 heteroatoms. The van der Waals surface area contributed by atoms with E-state index in [4.69, 9.17) is 16.3 Å². The van der Waals surface area contributed by atoms with Gasteiger partial charge >= 0.3 is 5.97 Å². The second-order valence-corrected chi connectivity index (χ2v) is 6.73. The van der Waals surface area contributed by atoms with Crippen LogP contribution < -0.4 is 10.1 Å². The largest absolute Gasteiger partial charge is 0.491 e. The molecule has 1 aromatic carbocycles. The Morgan fingerprint density at radius 1 is 1.35 bits per heavy atom. The molecular formula is C17H22ClNO4. The molecule has 23 heavy (non-hydrogen) atoms. The summed E-state index contributed by atoms with van der Waals surface area (Å²) in [5.74, 6) is -0.591. The average Bonchev–Trinajstić information content (AvgIpc) is 2.91. The molecule has 0 aromatic heterocycles. The van der Waals surface area contributed by atoms with E-state index in [0.29, 0.717) is 29.3 Å². The van der Waals surface area contributed by atoms with Gasteiger partial charge in [0.05, 0.1) is 22.2 Å². The fraction of sp³-hybridized carbons (Fsp3) is 0.529. The summed E-state index contributed by atoms with van der Waals surface area (Å²) in [5.41, 5.74) is -0.469. The van der Waals surface area contributed by atoms with Gasteiger partial charge in [-0.1, -0.05) is 24.4 Å². The van der Waals surface area contributed by atoms with Crippen LogP contribution in [0.25, 0.3) is 0 Å². The summed E-state index contributed by atoms with van der Waals surface area (Å²) in [6.45, 7) is 3.83. The van der Waals surface area contributed by atoms with Crippen molar-refractivity contribution in [2.45, 2.75) is 52.1 Å². The van der Waals surface area contributed by atoms with Crippen LogP contribution in [0.5, 0.6) is 5.75 Å². The second-order valence-electron chi connectivity index (χ2n) is 6.33. The van der Waals surface area contributed by atoms with Gasteiger partial charge in [-0.3, -0.25) is 9.59 Å². The first-order valence-electron chi connectivity index (χ1n) is 7.82. The van der Waals surface area contributed by atoms with Crippen molar-refractivity contribution in [3.63, 3.8) is 0 Å². The Hall–Kier alpha value is -1.75. The van der Waals surface area contributed by atoms with Crippen molar-refractivity contribution < 1.29 is 19.4 Å². The molecule has 5 nitrogen and oxygen atoms in total. The minimum absolute atomic E-state index is 0.0249. The molecule has 0 saturated heterocycles. The molecule has 0 heterocycles. The van der Waals surface area contributed by atoms with E-state index in [-0.39, 0.29) is 18.4 Å². The summed E-state index contributed by atoms with van der Waals surface area (Å²) >= 11 is 6.16. The zero-order valence-corrected chi connectivity index (χ0v) is 14.2. The number of carboxylic acids is 1. The third kappa shape index (κ3) is 4.38. The molecule has 0 aliphatic heterocycles. The number of carboxylic acid groups (broad SMARTS) is 1. The lowest BCUT2D eigenvalue weighted by Crippen LogP contribution is -2.32. The number of carbonyl (C=O) groups excluding carboxylic acids is 1. The van der Waals surface area contributed by atoms with Crippen LogP contribution in [0.15, 0.2) is 18.2 Å². The molecule has 1 aromatic rings. The SMILES string of the molecule is CC(C)Oc1ccc(NC(=O)CC2(C(=O)O)CCCC2)c(Cl)c1. The Balaban J connectivity index is 2.04. The van der Waals surface area contributed by atoms with E-state index in [0.717, 1.165) is 12.8 Å². The summed E-state index contributed by atoms with van der Waals surface area (Å²) in [4.78, 5) is 23.7. The fourth-order valence-corrected chi connectivity index (χ4v) is 3.18. The maximum absolute atomic E-state index is 12.2. The van der Waals surface area contributed by atoms with Gasteiger partial charge < -0.3 is 15.2 Å². The maximum atomic E-state index is 12.2. The van der Waals surface area contributed by atoms with Crippen LogP contribution >= 0.6 is 11.6 Å². The fourth-order valence-electron chi connectivity index (χ4n) is 2.96. The summed E-state index contributed by atoms with van der Waals surface area (Å²) < 4.78 is 5.54. The molecule has 2 N–H and O–H groups in total. The number of aliphatic carboxylic acids is 1. The number of rotatable bonds is 6. The average molecular weight is 340 g/mol. The van der Waals surface area contributed by atoms with Crippen molar-refractivity contribution >= 4 is 29.2 Å². The molecule has 1 fully saturated rings. The standard InChI is InChI=1S/C17H22ClNO4/c1-11(2)23-12-5-6-14(13(18)9-12)19-15(20)10-17(16(21)22)7-3-4-8-17/h5-6,9,11H,3-4,7-8,10H2,1-2H3,(H,19,20)(H,21,22). The Morgan fingerprint density at radius 3 is 2.52 bits per heavy atom. The molecule has 1 amide bonds. The highest BCUT2D eigenvalue weighted by molar-refractivity contribution is 6.33. The minimum Gasteiger partial charge on any atom is -0.491 e. The van der Waals surface area contributed by atoms with E-state index in [1.165, 1.54) is 0 Å². The highest BCUT2D eigenvalue weighted by Crippen LogP contribution is 2.41. The molecule has 0 spiro atoms. The van der Waals surface area contributed by atoms with Crippen LogP contribution in [0.2, 0.25) is 5.02 Å². The molecule has 2 rings (SSSR count). The number of halogens is 1. The topological polar surface area (TPSA) is 75.6 Å². The van der Waals surface area contributed by atoms with Crippen molar-refractivity contribution in [3.8, 4) is 5.75 Å². The van der Waals surface area contributed by atoms with Gasteiger partial charge in [0.25, 0.3) is 0 Å². The third-order valence-corrected chi connectivity index (χ3v) is 4.41. The monoisotopic (exact) mass is 339 g/mol. The number of anilines is 1. The van der Waals surface area contributed by atoms with Crippen molar-refractivity contribution in [1.29, 1.82) is 0 Å². The summed E-state index contributed by atoms with van der Waals surface area (Å²) in [6, 6.07) is 5.03. The lowest BCUT2D eigenvalue weighted by Gasteiger charge is -2.23. The van der Waals surface area contributed by atoms with E-state index in [9.17, 15) is 14.7 Å². The number of benzene rings is 1. The summed E-state index contributed by atoms with van der Waals surface area (Å²) in [5, 5.41) is 12.5. The smallest absolute Gasteiger partial charge is 0.310 e. The summed E-state index contributed by atoms with van der Waals surface area (Å²) in [6.07, 6.45) is 2.80. The zero-order chi connectivity index (χ0) is 17.0. The number of hydrogen-bond donors (Lipinski definition) is 2. The molecule has 1 aliphatic rings. The third-order valence-electron chi connectivity index (χ3n) is 4.10. The minimum atomic E-state index is -0.933. The quantitative estimate of drug-likeness (QED) is 0.818. The first-order valence-corrected chi connectivity index (χ1v) is 8.20. The van der Waals surface area contributed by atoms with Crippen molar-refractivity contribution in [2.75, 3.05) is 5.32 Å². The van der Waals surface area contributed by atoms with E-state index < -0.39 is 11.4 Å². The van der Waals surface area contributed by atoms with E-state index in [2.05, 4.69) is 5.32 Å². The maximum Gasteiger partial charge on any atom is 0.310 e. The van der Waals surface area contributed by atoms with Gasteiger partial charge in [0.1, 0.15) is 5.75 Å². The Labute approximate surface area is 141 Å². The van der Waals surface area contributed by atoms with E-state index in [1.54, 1.807) is 18.2 Å². The van der Waals surface area contributed by atoms with Gasteiger partial charge in [0.2, 0.25) is 5.91 Å². The van der Waals surface area contributed by atoms with Gasteiger partial charge in [-0.2, -0.15) is 0 Å². The molecule has 0 bridgehead atoms. The van der Waals surface area contributed by atoms with E-state index >= 15 is 0 Å². The Morgan fingerprint density at radius 2 is 2.00 bits per heavy atom. The second kappa shape index (κ2) is 7.21. The predicted molar refractivity (Wildman–Crippen MR) is 89.0 cm³/mol. The molecular weight excluding hydrogens is 318 g/mol. The highest BCUT2D eigenvalue weighted by Gasteiger charge is 2.43. The van der Waals surface area contributed by atoms with Gasteiger partial charge in [0.15, 0.2) is 0 Å². The van der Waals surface area contributed by atoms with Crippen LogP contribution in [0.3, 0.4) is 0 Å². The van der Waals surface area contributed by atoms with Gasteiger partial charge in [0, 0.05) is 12.5 Å². The van der Waals surface area contributed by atoms with Gasteiger partial charge in [-0.25, -0.2) is 0 Å². The molecule has 0 atom stereocenters. The predicted octanol–water partition coefficient (Wildman–Crippen LogP) is 4.10. The van der Waals surface area contributed by atoms with E-state index in [1.807, 2.05) is 13.8 Å². The molecule has 1 aliphatic carbocycles. The van der Waals surface area contributed by atoms with Crippen LogP contribution in [0.1, 0.15) is 46.0 Å². The summed E-state index contributed by atoms with van der Waals surface area (Å²) in [7, 11) is 0. The van der Waals surface area contributed by atoms with Crippen LogP contribution in [-0.4, -0.2) is 23.1 Å². The Bertz CT molecular complexity index is 594. The first kappa shape index (κ1) is 17.6. The number of carbonyl (C=O) groups is 2. The van der Waals surface area contributed by atoms with Gasteiger partial charge in [-0.05, 0) is 38.8 Å². The molecule has 1 saturated carbocycles. The Kier molecular flexibility index (Phi) is 5.52. The first-order chi connectivity index (χ1) is 10.8. The van der Waals surface area contributed by atoms with Crippen molar-refractivity contribution in [3.05, 3.63) is 23.2 Å². The van der Waals surface area contributed by atoms with Crippen molar-refractivity contribution in [2.24, 2.45) is 5.41 Å². The number of ether oxygens (including phenoxy) is 1.